The van der Waals surface area contributed by atoms with Gasteiger partial charge < -0.3 is 14.8 Å². The van der Waals surface area contributed by atoms with Gasteiger partial charge in [-0.15, -0.1) is 0 Å². The molecule has 1 aliphatic rings. The average molecular weight is 255 g/mol. The molecule has 1 rings (SSSR count). The second kappa shape index (κ2) is 7.74. The summed E-state index contributed by atoms with van der Waals surface area (Å²) in [5.41, 5.74) is 0.347. The highest BCUT2D eigenvalue weighted by atomic mass is 16.6. The number of ether oxygens (including phenoxy) is 2. The Kier molecular flexibility index (Phi) is 6.25. The molecule has 1 amide bonds. The third-order valence-electron chi connectivity index (χ3n) is 2.78. The van der Waals surface area contributed by atoms with Gasteiger partial charge in [0, 0.05) is 5.57 Å². The molecular formula is C13H21NO4. The number of esters is 1. The maximum atomic E-state index is 11.4. The van der Waals surface area contributed by atoms with Crippen LogP contribution in [-0.4, -0.2) is 31.3 Å². The van der Waals surface area contributed by atoms with Gasteiger partial charge in [0.25, 0.3) is 0 Å². The van der Waals surface area contributed by atoms with Crippen LogP contribution in [-0.2, 0) is 14.3 Å². The van der Waals surface area contributed by atoms with Crippen molar-refractivity contribution in [2.45, 2.75) is 45.1 Å². The summed E-state index contributed by atoms with van der Waals surface area (Å²) in [5, 5.41) is 2.56. The number of rotatable bonds is 5. The van der Waals surface area contributed by atoms with E-state index in [1.54, 1.807) is 6.92 Å². The second-order valence-corrected chi connectivity index (χ2v) is 4.51. The Hall–Kier alpha value is -1.52. The van der Waals surface area contributed by atoms with Crippen molar-refractivity contribution >= 4 is 12.1 Å². The van der Waals surface area contributed by atoms with E-state index in [4.69, 9.17) is 9.47 Å². The van der Waals surface area contributed by atoms with E-state index in [2.05, 4.69) is 11.9 Å². The first-order valence-corrected chi connectivity index (χ1v) is 6.36. The van der Waals surface area contributed by atoms with Crippen molar-refractivity contribution in [2.24, 2.45) is 0 Å². The van der Waals surface area contributed by atoms with Crippen molar-refractivity contribution in [2.75, 3.05) is 13.2 Å². The smallest absolute Gasteiger partial charge is 0.407 e. The first-order chi connectivity index (χ1) is 8.59. The van der Waals surface area contributed by atoms with Gasteiger partial charge in [0.05, 0.1) is 6.54 Å². The van der Waals surface area contributed by atoms with E-state index in [0.717, 1.165) is 25.7 Å². The molecular weight excluding hydrogens is 234 g/mol. The normalized spacial score (nSPS) is 15.8. The van der Waals surface area contributed by atoms with Gasteiger partial charge in [-0.3, -0.25) is 0 Å². The molecule has 0 aliphatic heterocycles. The minimum Gasteiger partial charge on any atom is -0.460 e. The monoisotopic (exact) mass is 255 g/mol. The summed E-state index contributed by atoms with van der Waals surface area (Å²) in [6, 6.07) is 0. The Morgan fingerprint density at radius 3 is 2.56 bits per heavy atom. The maximum Gasteiger partial charge on any atom is 0.407 e. The van der Waals surface area contributed by atoms with E-state index in [1.165, 1.54) is 6.42 Å². The topological polar surface area (TPSA) is 64.6 Å². The van der Waals surface area contributed by atoms with E-state index in [9.17, 15) is 9.59 Å². The highest BCUT2D eigenvalue weighted by Crippen LogP contribution is 2.20. The maximum absolute atomic E-state index is 11.4. The molecule has 0 aromatic rings. The fraction of sp³-hybridized carbons (Fsp3) is 0.692. The summed E-state index contributed by atoms with van der Waals surface area (Å²) in [5.74, 6) is -0.447. The highest BCUT2D eigenvalue weighted by Gasteiger charge is 2.17. The van der Waals surface area contributed by atoms with E-state index >= 15 is 0 Å². The Balaban J connectivity index is 2.06. The van der Waals surface area contributed by atoms with Crippen LogP contribution in [0.4, 0.5) is 4.79 Å². The van der Waals surface area contributed by atoms with Gasteiger partial charge in [0.15, 0.2) is 0 Å². The third kappa shape index (κ3) is 5.70. The van der Waals surface area contributed by atoms with E-state index in [1.807, 2.05) is 0 Å². The van der Waals surface area contributed by atoms with Crippen LogP contribution in [0.2, 0.25) is 0 Å². The number of amides is 1. The lowest BCUT2D eigenvalue weighted by atomic mass is 9.98. The van der Waals surface area contributed by atoms with Gasteiger partial charge in [-0.05, 0) is 32.6 Å². The van der Waals surface area contributed by atoms with Crippen molar-refractivity contribution < 1.29 is 19.1 Å². The molecule has 1 N–H and O–H groups in total. The van der Waals surface area contributed by atoms with E-state index in [0.29, 0.717) is 5.57 Å². The molecule has 1 aliphatic carbocycles. The summed E-state index contributed by atoms with van der Waals surface area (Å²) < 4.78 is 10.1. The first-order valence-electron chi connectivity index (χ1n) is 6.36. The summed E-state index contributed by atoms with van der Waals surface area (Å²) >= 11 is 0. The van der Waals surface area contributed by atoms with Gasteiger partial charge in [0.1, 0.15) is 12.7 Å². The number of carbonyl (C=O) groups is 2. The Morgan fingerprint density at radius 2 is 1.94 bits per heavy atom. The zero-order valence-corrected chi connectivity index (χ0v) is 10.9. The summed E-state index contributed by atoms with van der Waals surface area (Å²) in [7, 11) is 0. The second-order valence-electron chi connectivity index (χ2n) is 4.51. The van der Waals surface area contributed by atoms with Crippen LogP contribution < -0.4 is 5.32 Å². The lowest BCUT2D eigenvalue weighted by Crippen LogP contribution is -2.32. The number of hydrogen-bond donors (Lipinski definition) is 1. The molecule has 5 heteroatoms. The Labute approximate surface area is 108 Å². The number of alkyl carbamates (subject to hydrolysis) is 1. The third-order valence-corrected chi connectivity index (χ3v) is 2.78. The van der Waals surface area contributed by atoms with Crippen molar-refractivity contribution in [1.29, 1.82) is 0 Å². The molecule has 102 valence electrons. The SMILES string of the molecule is C=C(C)C(=O)OCCNC(=O)OC1CCCCC1. The predicted molar refractivity (Wildman–Crippen MR) is 67.1 cm³/mol. The number of hydrogen-bond acceptors (Lipinski definition) is 4. The molecule has 0 heterocycles. The molecule has 1 saturated carbocycles. The molecule has 0 saturated heterocycles. The van der Waals surface area contributed by atoms with Crippen LogP contribution in [0.3, 0.4) is 0 Å². The molecule has 0 spiro atoms. The standard InChI is InChI=1S/C13H21NO4/c1-10(2)12(15)17-9-8-14-13(16)18-11-6-4-3-5-7-11/h11H,1,3-9H2,2H3,(H,14,16). The minimum atomic E-state index is -0.447. The van der Waals surface area contributed by atoms with Crippen LogP contribution >= 0.6 is 0 Å². The summed E-state index contributed by atoms with van der Waals surface area (Å²) in [6.07, 6.45) is 4.95. The van der Waals surface area contributed by atoms with Gasteiger partial charge in [-0.25, -0.2) is 9.59 Å². The average Bonchev–Trinajstić information content (AvgIpc) is 2.35. The molecule has 18 heavy (non-hydrogen) atoms. The molecule has 0 unspecified atom stereocenters. The largest absolute Gasteiger partial charge is 0.460 e. The predicted octanol–water partition coefficient (Wildman–Crippen LogP) is 2.16. The molecule has 0 aromatic carbocycles. The van der Waals surface area contributed by atoms with Gasteiger partial charge in [0.2, 0.25) is 0 Å². The van der Waals surface area contributed by atoms with Gasteiger partial charge in [-0.2, -0.15) is 0 Å². The molecule has 0 radical (unpaired) electrons. The first kappa shape index (κ1) is 14.5. The van der Waals surface area contributed by atoms with Gasteiger partial charge >= 0.3 is 12.1 Å². The van der Waals surface area contributed by atoms with Crippen LogP contribution in [0.1, 0.15) is 39.0 Å². The summed E-state index contributed by atoms with van der Waals surface area (Å²) in [6.45, 7) is 5.42. The number of carbonyl (C=O) groups excluding carboxylic acids is 2. The molecule has 0 atom stereocenters. The molecule has 1 fully saturated rings. The van der Waals surface area contributed by atoms with E-state index < -0.39 is 12.1 Å². The van der Waals surface area contributed by atoms with Gasteiger partial charge in [-0.1, -0.05) is 13.0 Å². The minimum absolute atomic E-state index is 0.0386. The van der Waals surface area contributed by atoms with Crippen molar-refractivity contribution in [3.05, 3.63) is 12.2 Å². The molecule has 0 bridgehead atoms. The van der Waals surface area contributed by atoms with Crippen LogP contribution in [0, 0.1) is 0 Å². The van der Waals surface area contributed by atoms with Crippen LogP contribution in [0.5, 0.6) is 0 Å². The Bertz CT molecular complexity index is 308. The highest BCUT2D eigenvalue weighted by molar-refractivity contribution is 5.86. The molecule has 5 nitrogen and oxygen atoms in total. The zero-order chi connectivity index (χ0) is 13.4. The van der Waals surface area contributed by atoms with Crippen molar-refractivity contribution in [1.82, 2.24) is 5.32 Å². The zero-order valence-electron chi connectivity index (χ0n) is 10.9. The van der Waals surface area contributed by atoms with Crippen LogP contribution in [0.25, 0.3) is 0 Å². The van der Waals surface area contributed by atoms with Crippen molar-refractivity contribution in [3.8, 4) is 0 Å². The lowest BCUT2D eigenvalue weighted by molar-refractivity contribution is -0.138. The quantitative estimate of drug-likeness (QED) is 0.464. The van der Waals surface area contributed by atoms with E-state index in [-0.39, 0.29) is 19.3 Å². The summed E-state index contributed by atoms with van der Waals surface area (Å²) in [4.78, 5) is 22.4. The lowest BCUT2D eigenvalue weighted by Gasteiger charge is -2.21. The number of nitrogens with one attached hydrogen (secondary N) is 1. The van der Waals surface area contributed by atoms with Crippen molar-refractivity contribution in [3.63, 3.8) is 0 Å². The molecule has 0 aromatic heterocycles. The Morgan fingerprint density at radius 1 is 1.28 bits per heavy atom. The fourth-order valence-corrected chi connectivity index (χ4v) is 1.80. The fourth-order valence-electron chi connectivity index (χ4n) is 1.80. The van der Waals surface area contributed by atoms with Crippen LogP contribution in [0.15, 0.2) is 12.2 Å².